The van der Waals surface area contributed by atoms with Crippen LogP contribution in [0.25, 0.3) is 5.69 Å². The van der Waals surface area contributed by atoms with Crippen molar-refractivity contribution < 1.29 is 4.39 Å². The molecule has 1 aliphatic heterocycles. The van der Waals surface area contributed by atoms with Gasteiger partial charge in [0.25, 0.3) is 0 Å². The molecule has 0 bridgehead atoms. The zero-order chi connectivity index (χ0) is 14.9. The molecule has 2 fully saturated rings. The highest BCUT2D eigenvalue weighted by atomic mass is 19.1. The van der Waals surface area contributed by atoms with Gasteiger partial charge in [0.1, 0.15) is 5.82 Å². The van der Waals surface area contributed by atoms with Gasteiger partial charge in [0.2, 0.25) is 0 Å². The van der Waals surface area contributed by atoms with E-state index in [1.54, 1.807) is 0 Å². The summed E-state index contributed by atoms with van der Waals surface area (Å²) in [6.07, 6.45) is 5.74. The Kier molecular flexibility index (Phi) is 3.58. The first-order chi connectivity index (χ1) is 10.8. The number of hydrogen-bond acceptors (Lipinski definition) is 3. The standard InChI is InChI=1S/C17H21FN4/c18-14-4-6-15(7-5-14)22-17(13-2-1-3-13)16(12-20-22)21-10-8-19-9-11-21/h4-7,12-13,19H,1-3,8-11H2. The number of anilines is 1. The fourth-order valence-corrected chi connectivity index (χ4v) is 3.35. The number of piperazine rings is 1. The molecule has 0 radical (unpaired) electrons. The predicted octanol–water partition coefficient (Wildman–Crippen LogP) is 2.69. The SMILES string of the molecule is Fc1ccc(-n2ncc(N3CCNCC3)c2C2CCC2)cc1. The van der Waals surface area contributed by atoms with Gasteiger partial charge in [-0.15, -0.1) is 0 Å². The molecule has 1 aliphatic carbocycles. The van der Waals surface area contributed by atoms with Gasteiger partial charge in [0, 0.05) is 32.1 Å². The smallest absolute Gasteiger partial charge is 0.123 e. The monoisotopic (exact) mass is 300 g/mol. The van der Waals surface area contributed by atoms with Crippen LogP contribution in [0.1, 0.15) is 30.9 Å². The third kappa shape index (κ3) is 2.39. The Morgan fingerprint density at radius 3 is 2.45 bits per heavy atom. The Labute approximate surface area is 129 Å². The number of nitrogens with zero attached hydrogens (tertiary/aromatic N) is 3. The third-order valence-electron chi connectivity index (χ3n) is 4.81. The van der Waals surface area contributed by atoms with Gasteiger partial charge >= 0.3 is 0 Å². The van der Waals surface area contributed by atoms with Crippen LogP contribution >= 0.6 is 0 Å². The van der Waals surface area contributed by atoms with Gasteiger partial charge in [-0.25, -0.2) is 9.07 Å². The first kappa shape index (κ1) is 13.8. The van der Waals surface area contributed by atoms with Crippen molar-refractivity contribution in [3.05, 3.63) is 42.0 Å². The second kappa shape index (κ2) is 5.72. The number of nitrogens with one attached hydrogen (secondary N) is 1. The molecular weight excluding hydrogens is 279 g/mol. The van der Waals surface area contributed by atoms with Gasteiger partial charge in [0.15, 0.2) is 0 Å². The molecule has 0 spiro atoms. The first-order valence-electron chi connectivity index (χ1n) is 8.12. The highest BCUT2D eigenvalue weighted by molar-refractivity contribution is 5.55. The molecule has 1 saturated heterocycles. The van der Waals surface area contributed by atoms with E-state index in [1.165, 1.54) is 42.8 Å². The van der Waals surface area contributed by atoms with Crippen LogP contribution in [0, 0.1) is 5.82 Å². The van der Waals surface area contributed by atoms with E-state index < -0.39 is 0 Å². The molecule has 22 heavy (non-hydrogen) atoms. The second-order valence-electron chi connectivity index (χ2n) is 6.17. The summed E-state index contributed by atoms with van der Waals surface area (Å²) in [4.78, 5) is 2.43. The molecule has 1 aromatic heterocycles. The van der Waals surface area contributed by atoms with E-state index in [0.29, 0.717) is 5.92 Å². The highest BCUT2D eigenvalue weighted by Crippen LogP contribution is 2.42. The summed E-state index contributed by atoms with van der Waals surface area (Å²) < 4.78 is 15.2. The minimum absolute atomic E-state index is 0.205. The van der Waals surface area contributed by atoms with E-state index in [9.17, 15) is 4.39 Å². The van der Waals surface area contributed by atoms with Crippen molar-refractivity contribution in [2.45, 2.75) is 25.2 Å². The van der Waals surface area contributed by atoms with E-state index in [1.807, 2.05) is 23.0 Å². The third-order valence-corrected chi connectivity index (χ3v) is 4.81. The first-order valence-corrected chi connectivity index (χ1v) is 8.12. The number of rotatable bonds is 3. The molecule has 1 saturated carbocycles. The van der Waals surface area contributed by atoms with Crippen LogP contribution in [0.15, 0.2) is 30.5 Å². The van der Waals surface area contributed by atoms with E-state index in [2.05, 4.69) is 15.3 Å². The van der Waals surface area contributed by atoms with Crippen LogP contribution in [0.4, 0.5) is 10.1 Å². The van der Waals surface area contributed by atoms with Crippen molar-refractivity contribution in [2.24, 2.45) is 0 Å². The van der Waals surface area contributed by atoms with E-state index >= 15 is 0 Å². The summed E-state index contributed by atoms with van der Waals surface area (Å²) in [6.45, 7) is 4.08. The van der Waals surface area contributed by atoms with Crippen molar-refractivity contribution in [1.82, 2.24) is 15.1 Å². The van der Waals surface area contributed by atoms with Gasteiger partial charge in [-0.1, -0.05) is 6.42 Å². The molecular formula is C17H21FN4. The lowest BCUT2D eigenvalue weighted by Gasteiger charge is -2.33. The molecule has 2 aromatic rings. The van der Waals surface area contributed by atoms with Crippen LogP contribution in [-0.2, 0) is 0 Å². The normalized spacial score (nSPS) is 19.2. The Morgan fingerprint density at radius 1 is 1.09 bits per heavy atom. The molecule has 2 heterocycles. The quantitative estimate of drug-likeness (QED) is 0.946. The predicted molar refractivity (Wildman–Crippen MR) is 85.2 cm³/mol. The van der Waals surface area contributed by atoms with Crippen LogP contribution < -0.4 is 10.2 Å². The van der Waals surface area contributed by atoms with Crippen LogP contribution in [-0.4, -0.2) is 36.0 Å². The molecule has 116 valence electrons. The second-order valence-corrected chi connectivity index (χ2v) is 6.17. The minimum atomic E-state index is -0.205. The average molecular weight is 300 g/mol. The molecule has 2 aliphatic rings. The fourth-order valence-electron chi connectivity index (χ4n) is 3.35. The van der Waals surface area contributed by atoms with Gasteiger partial charge in [-0.2, -0.15) is 5.10 Å². The molecule has 4 rings (SSSR count). The topological polar surface area (TPSA) is 33.1 Å². The molecule has 0 amide bonds. The zero-order valence-electron chi connectivity index (χ0n) is 12.6. The lowest BCUT2D eigenvalue weighted by molar-refractivity contribution is 0.402. The number of benzene rings is 1. The Balaban J connectivity index is 1.74. The maximum atomic E-state index is 13.2. The van der Waals surface area contributed by atoms with Gasteiger partial charge in [-0.3, -0.25) is 0 Å². The van der Waals surface area contributed by atoms with Crippen molar-refractivity contribution >= 4 is 5.69 Å². The van der Waals surface area contributed by atoms with Crippen molar-refractivity contribution in [1.29, 1.82) is 0 Å². The lowest BCUT2D eigenvalue weighted by atomic mass is 9.82. The van der Waals surface area contributed by atoms with Crippen LogP contribution in [0.3, 0.4) is 0 Å². The fraction of sp³-hybridized carbons (Fsp3) is 0.471. The molecule has 5 heteroatoms. The summed E-state index contributed by atoms with van der Waals surface area (Å²) in [5, 5.41) is 8.02. The molecule has 0 unspecified atom stereocenters. The Morgan fingerprint density at radius 2 is 1.82 bits per heavy atom. The van der Waals surface area contributed by atoms with E-state index in [0.717, 1.165) is 31.9 Å². The highest BCUT2D eigenvalue weighted by Gasteiger charge is 2.29. The summed E-state index contributed by atoms with van der Waals surface area (Å²) in [5.41, 5.74) is 3.51. The average Bonchev–Trinajstić information content (AvgIpc) is 2.92. The largest absolute Gasteiger partial charge is 0.366 e. The summed E-state index contributed by atoms with van der Waals surface area (Å²) in [7, 11) is 0. The van der Waals surface area contributed by atoms with Crippen molar-refractivity contribution in [3.8, 4) is 5.69 Å². The van der Waals surface area contributed by atoms with E-state index in [-0.39, 0.29) is 5.82 Å². The minimum Gasteiger partial charge on any atom is -0.366 e. The number of halogens is 1. The zero-order valence-corrected chi connectivity index (χ0v) is 12.6. The molecule has 1 N–H and O–H groups in total. The Hall–Kier alpha value is -1.88. The molecule has 1 aromatic carbocycles. The summed E-state index contributed by atoms with van der Waals surface area (Å²) in [6, 6.07) is 6.64. The maximum Gasteiger partial charge on any atom is 0.123 e. The molecule has 4 nitrogen and oxygen atoms in total. The van der Waals surface area contributed by atoms with E-state index in [4.69, 9.17) is 0 Å². The summed E-state index contributed by atoms with van der Waals surface area (Å²) >= 11 is 0. The lowest BCUT2D eigenvalue weighted by Crippen LogP contribution is -2.44. The van der Waals surface area contributed by atoms with Crippen molar-refractivity contribution in [3.63, 3.8) is 0 Å². The van der Waals surface area contributed by atoms with Gasteiger partial charge in [0.05, 0.1) is 23.3 Å². The van der Waals surface area contributed by atoms with Crippen LogP contribution in [0.5, 0.6) is 0 Å². The summed E-state index contributed by atoms with van der Waals surface area (Å²) in [5.74, 6) is 0.376. The van der Waals surface area contributed by atoms with Gasteiger partial charge in [-0.05, 0) is 37.1 Å². The Bertz CT molecular complexity index is 639. The maximum absolute atomic E-state index is 13.2. The molecule has 0 atom stereocenters. The van der Waals surface area contributed by atoms with Crippen molar-refractivity contribution in [2.75, 3.05) is 31.1 Å². The van der Waals surface area contributed by atoms with Gasteiger partial charge < -0.3 is 10.2 Å². The number of hydrogen-bond donors (Lipinski definition) is 1. The number of aromatic nitrogens is 2. The van der Waals surface area contributed by atoms with Crippen LogP contribution in [0.2, 0.25) is 0 Å².